The maximum absolute atomic E-state index is 3.70. The van der Waals surface area contributed by atoms with Crippen LogP contribution in [-0.2, 0) is 0 Å². The fraction of sp³-hybridized carbons (Fsp3) is 1.00. The molecular weight excluding hydrogens is 455 g/mol. The molecule has 0 aliphatic heterocycles. The zero-order valence-electron chi connectivity index (χ0n) is 7.75. The molecule has 0 nitrogen and oxygen atoms in total. The molecular formula is C8H17Br3Sn. The Bertz CT molecular complexity index is 109. The Morgan fingerprint density at radius 1 is 1.00 bits per heavy atom. The fourth-order valence-electron chi connectivity index (χ4n) is 1.05. The summed E-state index contributed by atoms with van der Waals surface area (Å²) >= 11 is 9.16. The molecule has 0 heterocycles. The minimum absolute atomic E-state index is 0.871. The summed E-state index contributed by atoms with van der Waals surface area (Å²) in [6, 6.07) is 0. The van der Waals surface area contributed by atoms with Gasteiger partial charge in [0.15, 0.2) is 0 Å². The van der Waals surface area contributed by atoms with Crippen molar-refractivity contribution in [3.8, 4) is 0 Å². The van der Waals surface area contributed by atoms with Crippen molar-refractivity contribution in [3.63, 3.8) is 0 Å². The van der Waals surface area contributed by atoms with Crippen molar-refractivity contribution < 1.29 is 0 Å². The van der Waals surface area contributed by atoms with Gasteiger partial charge in [-0.1, -0.05) is 0 Å². The average molecular weight is 472 g/mol. The first-order chi connectivity index (χ1) is 5.42. The summed E-state index contributed by atoms with van der Waals surface area (Å²) in [6.45, 7) is 4.59. The van der Waals surface area contributed by atoms with Crippen molar-refractivity contribution in [3.05, 3.63) is 0 Å². The van der Waals surface area contributed by atoms with Gasteiger partial charge in [0.2, 0.25) is 0 Å². The standard InChI is InChI=1S/C8H17.3BrH.Sn/c1-4-5-6-7-8(2)3;;;;/h8H,1,4-7H2,2-3H3;3*1H;/q;;;;+3/p-3. The summed E-state index contributed by atoms with van der Waals surface area (Å²) in [7, 11) is 0. The van der Waals surface area contributed by atoms with Crippen LogP contribution in [0, 0.1) is 5.92 Å². The zero-order chi connectivity index (χ0) is 9.61. The van der Waals surface area contributed by atoms with Crippen LogP contribution in [0.4, 0.5) is 0 Å². The molecule has 0 aromatic carbocycles. The third kappa shape index (κ3) is 12.2. The molecule has 0 saturated heterocycles. The molecule has 0 bridgehead atoms. The summed E-state index contributed by atoms with van der Waals surface area (Å²) in [5, 5.41) is 0. The first-order valence-corrected chi connectivity index (χ1v) is 25.7. The molecule has 0 atom stereocenters. The van der Waals surface area contributed by atoms with Crippen molar-refractivity contribution in [1.82, 2.24) is 0 Å². The van der Waals surface area contributed by atoms with Crippen LogP contribution in [0.5, 0.6) is 0 Å². The van der Waals surface area contributed by atoms with Gasteiger partial charge in [-0.3, -0.25) is 0 Å². The van der Waals surface area contributed by atoms with Crippen LogP contribution < -0.4 is 0 Å². The van der Waals surface area contributed by atoms with E-state index in [0.717, 1.165) is 5.92 Å². The molecule has 0 aromatic rings. The Labute approximate surface area is 98.4 Å². The van der Waals surface area contributed by atoms with Crippen molar-refractivity contribution in [2.45, 2.75) is 44.0 Å². The van der Waals surface area contributed by atoms with Crippen LogP contribution in [0.25, 0.3) is 0 Å². The van der Waals surface area contributed by atoms with Gasteiger partial charge in [-0.25, -0.2) is 0 Å². The van der Waals surface area contributed by atoms with Gasteiger partial charge >= 0.3 is 99.7 Å². The molecule has 0 saturated carbocycles. The van der Waals surface area contributed by atoms with Gasteiger partial charge in [0, 0.05) is 0 Å². The topological polar surface area (TPSA) is 0 Å². The Morgan fingerprint density at radius 3 is 2.00 bits per heavy atom. The molecule has 74 valence electrons. The second kappa shape index (κ2) is 7.52. The van der Waals surface area contributed by atoms with E-state index in [1.165, 1.54) is 30.1 Å². The van der Waals surface area contributed by atoms with E-state index in [1.54, 1.807) is 0 Å². The van der Waals surface area contributed by atoms with Gasteiger partial charge in [0.1, 0.15) is 0 Å². The molecule has 12 heavy (non-hydrogen) atoms. The molecule has 0 aliphatic rings. The Hall–Kier alpha value is 2.24. The van der Waals surface area contributed by atoms with E-state index in [-0.39, 0.29) is 0 Å². The number of halogens is 3. The van der Waals surface area contributed by atoms with Gasteiger partial charge in [-0.2, -0.15) is 0 Å². The van der Waals surface area contributed by atoms with Gasteiger partial charge < -0.3 is 0 Å². The first kappa shape index (κ1) is 14.2. The number of unbranched alkanes of at least 4 members (excludes halogenated alkanes) is 2. The van der Waals surface area contributed by atoms with E-state index >= 15 is 0 Å². The van der Waals surface area contributed by atoms with E-state index in [0.29, 0.717) is 0 Å². The fourth-order valence-corrected chi connectivity index (χ4v) is 8.55. The second-order valence-electron chi connectivity index (χ2n) is 3.61. The second-order valence-corrected chi connectivity index (χ2v) is 57.2. The summed E-state index contributed by atoms with van der Waals surface area (Å²) in [6.07, 6.45) is 5.53. The van der Waals surface area contributed by atoms with E-state index in [4.69, 9.17) is 0 Å². The van der Waals surface area contributed by atoms with Crippen LogP contribution in [0.2, 0.25) is 4.44 Å². The SMILES string of the molecule is CC(C)CCCC[CH2][Sn]([Br])([Br])[Br]. The van der Waals surface area contributed by atoms with E-state index in [2.05, 4.69) is 52.0 Å². The average Bonchev–Trinajstić information content (AvgIpc) is 1.83. The number of hydrogen-bond acceptors (Lipinski definition) is 0. The number of hydrogen-bond donors (Lipinski definition) is 0. The Kier molecular flexibility index (Phi) is 8.92. The third-order valence-electron chi connectivity index (χ3n) is 1.74. The van der Waals surface area contributed by atoms with Crippen LogP contribution in [0.15, 0.2) is 0 Å². The molecule has 0 amide bonds. The van der Waals surface area contributed by atoms with Crippen molar-refractivity contribution >= 4 is 49.8 Å². The Balaban J connectivity index is 3.12. The first-order valence-electron chi connectivity index (χ1n) is 4.48. The molecule has 0 spiro atoms. The predicted molar refractivity (Wildman–Crippen MR) is 70.6 cm³/mol. The van der Waals surface area contributed by atoms with Gasteiger partial charge in [-0.05, 0) is 0 Å². The third-order valence-corrected chi connectivity index (χ3v) is 12.3. The molecule has 0 unspecified atom stereocenters. The van der Waals surface area contributed by atoms with E-state index < -0.39 is 11.7 Å². The van der Waals surface area contributed by atoms with Crippen molar-refractivity contribution in [1.29, 1.82) is 0 Å². The van der Waals surface area contributed by atoms with Gasteiger partial charge in [0.05, 0.1) is 0 Å². The molecule has 0 aromatic heterocycles. The molecule has 0 aliphatic carbocycles. The monoisotopic (exact) mass is 470 g/mol. The molecule has 0 radical (unpaired) electrons. The van der Waals surface area contributed by atoms with Crippen LogP contribution in [0.3, 0.4) is 0 Å². The molecule has 0 rings (SSSR count). The van der Waals surface area contributed by atoms with E-state index in [9.17, 15) is 0 Å². The van der Waals surface area contributed by atoms with Crippen LogP contribution in [-0.4, -0.2) is 11.7 Å². The molecule has 0 fully saturated rings. The summed E-state index contributed by atoms with van der Waals surface area (Å²) < 4.78 is 1.34. The van der Waals surface area contributed by atoms with Gasteiger partial charge in [-0.15, -0.1) is 0 Å². The molecule has 0 N–H and O–H groups in total. The molecule has 4 heteroatoms. The van der Waals surface area contributed by atoms with E-state index in [1.807, 2.05) is 0 Å². The minimum atomic E-state index is -1.95. The van der Waals surface area contributed by atoms with Crippen molar-refractivity contribution in [2.24, 2.45) is 5.92 Å². The normalized spacial score (nSPS) is 12.5. The Morgan fingerprint density at radius 2 is 1.58 bits per heavy atom. The van der Waals surface area contributed by atoms with Gasteiger partial charge in [0.25, 0.3) is 0 Å². The summed E-state index contributed by atoms with van der Waals surface area (Å²) in [4.78, 5) is 0. The van der Waals surface area contributed by atoms with Crippen LogP contribution >= 0.6 is 38.1 Å². The van der Waals surface area contributed by atoms with Crippen molar-refractivity contribution in [2.75, 3.05) is 0 Å². The maximum atomic E-state index is 3.70. The zero-order valence-corrected chi connectivity index (χ0v) is 15.4. The number of rotatable bonds is 6. The van der Waals surface area contributed by atoms with Crippen LogP contribution in [0.1, 0.15) is 39.5 Å². The summed E-state index contributed by atoms with van der Waals surface area (Å²) in [5.74, 6) is 0.871. The predicted octanol–water partition coefficient (Wildman–Crippen LogP) is 5.33. The summed E-state index contributed by atoms with van der Waals surface area (Å²) in [5.41, 5.74) is 0. The quantitative estimate of drug-likeness (QED) is 0.363.